The van der Waals surface area contributed by atoms with Crippen LogP contribution >= 0.6 is 0 Å². The number of unbranched alkanes of at least 4 members (excludes halogenated alkanes) is 12. The van der Waals surface area contributed by atoms with Gasteiger partial charge in [-0.05, 0) is 101 Å². The molecule has 0 amide bonds. The standard InChI is InChI=1S/4C21H36O5.Zr/c4*1-4-7-14-23-17-21(26-22,18-24-15-8-5-2)19-12-10-11-13-20(19)25-16-9-6-3;/h4*10-13,22H,4-9,14-18H2,1-3H3;/q;;;;+4/p-4. The van der Waals surface area contributed by atoms with E-state index in [0.29, 0.717) is 125 Å². The summed E-state index contributed by atoms with van der Waals surface area (Å²) in [7, 11) is 0. The molecule has 0 saturated carbocycles. The van der Waals surface area contributed by atoms with Crippen molar-refractivity contribution in [3.8, 4) is 23.0 Å². The van der Waals surface area contributed by atoms with Gasteiger partial charge in [-0.25, -0.2) is 0 Å². The number of ether oxygens (including phenoxy) is 12. The first kappa shape index (κ1) is 101. The van der Waals surface area contributed by atoms with Gasteiger partial charge in [0, 0.05) is 75.1 Å². The van der Waals surface area contributed by atoms with Crippen molar-refractivity contribution in [3.05, 3.63) is 119 Å². The summed E-state index contributed by atoms with van der Waals surface area (Å²) in [6, 6.07) is 30.1. The minimum Gasteiger partial charge on any atom is -0.722 e. The molecule has 105 heavy (non-hydrogen) atoms. The Morgan fingerprint density at radius 1 is 0.210 bits per heavy atom. The smallest absolute Gasteiger partial charge is 0.722 e. The first-order chi connectivity index (χ1) is 50.9. The van der Waals surface area contributed by atoms with Gasteiger partial charge in [0.1, 0.15) is 45.4 Å². The summed E-state index contributed by atoms with van der Waals surface area (Å²) in [4.78, 5) is 19.0. The normalized spacial score (nSPS) is 11.6. The third-order valence-corrected chi connectivity index (χ3v) is 17.0. The Morgan fingerprint density at radius 3 is 0.476 bits per heavy atom. The summed E-state index contributed by atoms with van der Waals surface area (Å²) in [6.45, 7) is 33.6. The molecule has 0 radical (unpaired) electrons. The molecular formula is C84H140O20Zr. The van der Waals surface area contributed by atoms with E-state index in [4.69, 9.17) is 76.4 Å². The molecule has 4 rings (SSSR count). The van der Waals surface area contributed by atoms with E-state index in [1.54, 1.807) is 0 Å². The van der Waals surface area contributed by atoms with Gasteiger partial charge in [0.15, 0.2) is 0 Å². The molecule has 0 aliphatic carbocycles. The Hall–Kier alpha value is -3.68. The fourth-order valence-electron chi connectivity index (χ4n) is 10.2. The van der Waals surface area contributed by atoms with Crippen molar-refractivity contribution >= 4 is 0 Å². The van der Waals surface area contributed by atoms with Crippen molar-refractivity contribution in [2.45, 2.75) is 260 Å². The Kier molecular flexibility index (Phi) is 66.0. The van der Waals surface area contributed by atoms with Crippen LogP contribution in [-0.4, -0.2) is 132 Å². The molecule has 0 aliphatic rings. The topological polar surface area (TPSA) is 240 Å². The van der Waals surface area contributed by atoms with Crippen LogP contribution in [0, 0.1) is 0 Å². The van der Waals surface area contributed by atoms with Gasteiger partial charge in [-0.15, -0.1) is 0 Å². The first-order valence-corrected chi connectivity index (χ1v) is 39.7. The molecule has 0 aromatic heterocycles. The molecule has 0 saturated heterocycles. The molecule has 21 heteroatoms. The minimum atomic E-state index is -1.20. The van der Waals surface area contributed by atoms with Crippen LogP contribution in [0.25, 0.3) is 0 Å². The molecule has 0 bridgehead atoms. The van der Waals surface area contributed by atoms with Gasteiger partial charge in [-0.2, -0.15) is 0 Å². The fraction of sp³-hybridized carbons (Fsp3) is 0.714. The van der Waals surface area contributed by atoms with E-state index in [0.717, 1.165) is 154 Å². The molecular weight excluding hydrogens is 1420 g/mol. The molecule has 600 valence electrons. The summed E-state index contributed by atoms with van der Waals surface area (Å²) in [6.07, 6.45) is 23.9. The summed E-state index contributed by atoms with van der Waals surface area (Å²) in [5, 5.41) is 47.4. The van der Waals surface area contributed by atoms with Crippen LogP contribution in [0.15, 0.2) is 97.1 Å². The van der Waals surface area contributed by atoms with Crippen molar-refractivity contribution in [1.29, 1.82) is 0 Å². The Bertz CT molecular complexity index is 2160. The average Bonchev–Trinajstić information content (AvgIpc) is 0.827. The Morgan fingerprint density at radius 2 is 0.343 bits per heavy atom. The Labute approximate surface area is 653 Å². The number of benzene rings is 4. The van der Waals surface area contributed by atoms with Crippen LogP contribution in [-0.2, 0) is 106 Å². The largest absolute Gasteiger partial charge is 4.00 e. The average molecular weight is 1560 g/mol. The molecule has 0 atom stereocenters. The molecule has 4 aromatic carbocycles. The molecule has 0 aliphatic heterocycles. The van der Waals surface area contributed by atoms with Crippen LogP contribution in [0.4, 0.5) is 0 Å². The molecule has 0 spiro atoms. The predicted octanol–water partition coefficient (Wildman–Crippen LogP) is 15.9. The van der Waals surface area contributed by atoms with Gasteiger partial charge in [0.25, 0.3) is 0 Å². The molecule has 0 unspecified atom stereocenters. The zero-order valence-corrected chi connectivity index (χ0v) is 69.5. The quantitative estimate of drug-likeness (QED) is 0.0227. The van der Waals surface area contributed by atoms with E-state index < -0.39 is 22.4 Å². The second kappa shape index (κ2) is 68.4. The molecule has 4 aromatic rings. The summed E-state index contributed by atoms with van der Waals surface area (Å²) >= 11 is 0. The van der Waals surface area contributed by atoms with Gasteiger partial charge < -0.3 is 97.4 Å². The SMILES string of the molecule is CCCCOCC(COCCCC)(O[O-])c1ccccc1OCCCC.CCCCOCC(COCCCC)(O[O-])c1ccccc1OCCCC.CCCCOCC(COCCCC)(O[O-])c1ccccc1OCCCC.CCCCOCC(COCCCC)(O[O-])c1ccccc1OCCCC.[Zr+4]. The zero-order chi connectivity index (χ0) is 76.4. The van der Waals surface area contributed by atoms with Crippen LogP contribution < -0.4 is 40.0 Å². The van der Waals surface area contributed by atoms with E-state index in [1.165, 1.54) is 0 Å². The molecule has 0 heterocycles. The van der Waals surface area contributed by atoms with E-state index in [9.17, 15) is 21.0 Å². The van der Waals surface area contributed by atoms with E-state index in [2.05, 4.69) is 83.1 Å². The molecule has 0 N–H and O–H groups in total. The Balaban J connectivity index is 0.00000137. The number of hydrogen-bond donors (Lipinski definition) is 0. The van der Waals surface area contributed by atoms with Crippen molar-refractivity contribution in [2.24, 2.45) is 0 Å². The third-order valence-electron chi connectivity index (χ3n) is 17.0. The second-order valence-electron chi connectivity index (χ2n) is 26.4. The number of hydrogen-bond acceptors (Lipinski definition) is 20. The maximum Gasteiger partial charge on any atom is 4.00 e. The fourth-order valence-corrected chi connectivity index (χ4v) is 10.2. The van der Waals surface area contributed by atoms with Crippen LogP contribution in [0.5, 0.6) is 23.0 Å². The molecule has 20 nitrogen and oxygen atoms in total. The number of para-hydroxylation sites is 4. The predicted molar refractivity (Wildman–Crippen MR) is 404 cm³/mol. The van der Waals surface area contributed by atoms with Crippen molar-refractivity contribution < 1.29 is 124 Å². The van der Waals surface area contributed by atoms with Gasteiger partial charge >= 0.3 is 26.2 Å². The van der Waals surface area contributed by atoms with Crippen molar-refractivity contribution in [2.75, 3.05) is 132 Å². The van der Waals surface area contributed by atoms with Crippen molar-refractivity contribution in [1.82, 2.24) is 0 Å². The summed E-state index contributed by atoms with van der Waals surface area (Å²) in [5.41, 5.74) is -2.04. The van der Waals surface area contributed by atoms with Crippen LogP contribution in [0.3, 0.4) is 0 Å². The van der Waals surface area contributed by atoms with Gasteiger partial charge in [-0.3, -0.25) is 0 Å². The van der Waals surface area contributed by atoms with Gasteiger partial charge in [0.05, 0.1) is 79.3 Å². The third kappa shape index (κ3) is 41.8. The van der Waals surface area contributed by atoms with Crippen LogP contribution in [0.2, 0.25) is 0 Å². The molecule has 0 fully saturated rings. The minimum absolute atomic E-state index is 0. The maximum absolute atomic E-state index is 11.8. The number of rotatable bonds is 64. The van der Waals surface area contributed by atoms with E-state index in [1.807, 2.05) is 97.1 Å². The maximum atomic E-state index is 11.8. The van der Waals surface area contributed by atoms with Crippen molar-refractivity contribution in [3.63, 3.8) is 0 Å². The van der Waals surface area contributed by atoms with Gasteiger partial charge in [-0.1, -0.05) is 233 Å². The zero-order valence-electron chi connectivity index (χ0n) is 67.0. The second-order valence-corrected chi connectivity index (χ2v) is 26.4. The summed E-state index contributed by atoms with van der Waals surface area (Å²) in [5.74, 6) is 2.65. The van der Waals surface area contributed by atoms with Gasteiger partial charge in [0.2, 0.25) is 0 Å². The van der Waals surface area contributed by atoms with Crippen LogP contribution in [0.1, 0.15) is 259 Å². The summed E-state index contributed by atoms with van der Waals surface area (Å²) < 4.78 is 69.7. The monoisotopic (exact) mass is 1560 g/mol. The van der Waals surface area contributed by atoms with E-state index in [-0.39, 0.29) is 79.1 Å². The first-order valence-electron chi connectivity index (χ1n) is 39.7. The van der Waals surface area contributed by atoms with E-state index >= 15 is 0 Å².